The second-order valence-electron chi connectivity index (χ2n) is 10.3. The minimum absolute atomic E-state index is 0.0437. The molecule has 4 aromatic carbocycles. The van der Waals surface area contributed by atoms with Crippen LogP contribution in [0.5, 0.6) is 0 Å². The number of thiophene rings is 1. The lowest BCUT2D eigenvalue weighted by Crippen LogP contribution is -2.10. The topological polar surface area (TPSA) is 213 Å². The van der Waals surface area contributed by atoms with Crippen molar-refractivity contribution >= 4 is 34.7 Å². The summed E-state index contributed by atoms with van der Waals surface area (Å²) in [5.74, 6) is 0.992. The average Bonchev–Trinajstić information content (AvgIpc) is 3.77. The molecular weight excluding hydrogens is 593 g/mol. The van der Waals surface area contributed by atoms with Crippen molar-refractivity contribution in [3.63, 3.8) is 0 Å². The number of furan rings is 1. The van der Waals surface area contributed by atoms with Gasteiger partial charge in [0.1, 0.15) is 29.1 Å². The molecule has 6 rings (SSSR count). The normalized spacial score (nSPS) is 10.4. The second-order valence-corrected chi connectivity index (χ2v) is 11.4. The van der Waals surface area contributed by atoms with Crippen molar-refractivity contribution in [1.82, 2.24) is 0 Å². The number of nitrogens with two attached hydrogens (primary N) is 4. The highest BCUT2D eigenvalue weighted by Crippen LogP contribution is 2.34. The van der Waals surface area contributed by atoms with Gasteiger partial charge in [0.2, 0.25) is 0 Å². The molecular formula is C36H32N8OS. The Balaban J connectivity index is 0.000000181. The fourth-order valence-corrected chi connectivity index (χ4v) is 5.59. The quantitative estimate of drug-likeness (QED) is 0.0673. The first kappa shape index (κ1) is 31.2. The van der Waals surface area contributed by atoms with E-state index in [1.165, 1.54) is 0 Å². The van der Waals surface area contributed by atoms with E-state index in [1.54, 1.807) is 29.7 Å². The number of benzene rings is 4. The Morgan fingerprint density at radius 1 is 0.413 bits per heavy atom. The van der Waals surface area contributed by atoms with Gasteiger partial charge in [-0.1, -0.05) is 97.1 Å². The molecule has 0 amide bonds. The van der Waals surface area contributed by atoms with E-state index in [0.717, 1.165) is 54.5 Å². The van der Waals surface area contributed by atoms with Gasteiger partial charge in [0.25, 0.3) is 0 Å². The third-order valence-electron chi connectivity index (χ3n) is 7.18. The molecule has 0 unspecified atom stereocenters. The number of rotatable bonds is 8. The van der Waals surface area contributed by atoms with Gasteiger partial charge in [-0.05, 0) is 34.9 Å². The van der Waals surface area contributed by atoms with Crippen LogP contribution in [0, 0.1) is 21.6 Å². The van der Waals surface area contributed by atoms with Gasteiger partial charge in [0.05, 0.1) is 6.26 Å². The SMILES string of the molecule is N=C(N)c1ccc(-c2ccc(-c3ccc(C(=N)N)cc3)s2)cc1.N=C(N)c1ccc(-c2coc(-c3ccc(C(=N)N)cc3)c2)cc1. The molecule has 228 valence electrons. The first-order chi connectivity index (χ1) is 22.1. The number of hydrogen-bond acceptors (Lipinski definition) is 6. The Kier molecular flexibility index (Phi) is 9.20. The van der Waals surface area contributed by atoms with E-state index < -0.39 is 0 Å². The minimum atomic E-state index is 0.0437. The van der Waals surface area contributed by atoms with Crippen LogP contribution < -0.4 is 22.9 Å². The highest BCUT2D eigenvalue weighted by Gasteiger charge is 2.09. The Morgan fingerprint density at radius 3 is 1.09 bits per heavy atom. The van der Waals surface area contributed by atoms with Gasteiger partial charge in [-0.15, -0.1) is 11.3 Å². The van der Waals surface area contributed by atoms with Gasteiger partial charge < -0.3 is 27.4 Å². The molecule has 12 N–H and O–H groups in total. The molecule has 9 nitrogen and oxygen atoms in total. The van der Waals surface area contributed by atoms with Gasteiger partial charge in [-0.25, -0.2) is 0 Å². The van der Waals surface area contributed by atoms with Gasteiger partial charge in [0, 0.05) is 43.1 Å². The maximum atomic E-state index is 7.43. The highest BCUT2D eigenvalue weighted by molar-refractivity contribution is 7.18. The van der Waals surface area contributed by atoms with Gasteiger partial charge in [-0.3, -0.25) is 21.6 Å². The summed E-state index contributed by atoms with van der Waals surface area (Å²) < 4.78 is 5.63. The molecule has 6 aromatic rings. The Hall–Kier alpha value is -6.26. The van der Waals surface area contributed by atoms with E-state index >= 15 is 0 Å². The zero-order valence-corrected chi connectivity index (χ0v) is 25.5. The molecule has 0 fully saturated rings. The van der Waals surface area contributed by atoms with Crippen LogP contribution in [0.4, 0.5) is 0 Å². The molecule has 2 heterocycles. The van der Waals surface area contributed by atoms with Gasteiger partial charge in [0.15, 0.2) is 0 Å². The summed E-state index contributed by atoms with van der Waals surface area (Å²) in [6, 6.07) is 36.2. The predicted molar refractivity (Wildman–Crippen MR) is 189 cm³/mol. The molecule has 0 saturated carbocycles. The van der Waals surface area contributed by atoms with Crippen molar-refractivity contribution in [2.24, 2.45) is 22.9 Å². The van der Waals surface area contributed by atoms with Crippen LogP contribution in [0.25, 0.3) is 43.3 Å². The molecule has 0 aliphatic carbocycles. The summed E-state index contributed by atoms with van der Waals surface area (Å²) in [4.78, 5) is 2.32. The van der Waals surface area contributed by atoms with Crippen LogP contribution in [0.2, 0.25) is 0 Å². The Bertz CT molecular complexity index is 1730. The number of amidine groups is 4. The fraction of sp³-hybridized carbons (Fsp3) is 0. The lowest BCUT2D eigenvalue weighted by atomic mass is 10.0. The maximum absolute atomic E-state index is 7.43. The molecule has 0 atom stereocenters. The molecule has 2 aromatic heterocycles. The van der Waals surface area contributed by atoms with Crippen molar-refractivity contribution in [3.8, 4) is 43.3 Å². The van der Waals surface area contributed by atoms with E-state index in [1.807, 2.05) is 91.0 Å². The van der Waals surface area contributed by atoms with E-state index in [4.69, 9.17) is 49.0 Å². The third kappa shape index (κ3) is 7.26. The zero-order chi connectivity index (χ0) is 32.8. The number of hydrogen-bond donors (Lipinski definition) is 8. The minimum Gasteiger partial charge on any atom is -0.464 e. The highest BCUT2D eigenvalue weighted by atomic mass is 32.1. The van der Waals surface area contributed by atoms with Crippen molar-refractivity contribution in [2.45, 2.75) is 0 Å². The summed E-state index contributed by atoms with van der Waals surface area (Å²) in [5, 5.41) is 29.7. The molecule has 10 heteroatoms. The summed E-state index contributed by atoms with van der Waals surface area (Å²) in [6.07, 6.45) is 1.69. The van der Waals surface area contributed by atoms with E-state index in [9.17, 15) is 0 Å². The monoisotopic (exact) mass is 624 g/mol. The Morgan fingerprint density at radius 2 is 0.739 bits per heavy atom. The number of nitrogen functional groups attached to an aromatic ring is 4. The predicted octanol–water partition coefficient (Wildman–Crippen LogP) is 6.83. The van der Waals surface area contributed by atoms with Crippen molar-refractivity contribution in [1.29, 1.82) is 21.6 Å². The smallest absolute Gasteiger partial charge is 0.134 e. The van der Waals surface area contributed by atoms with Crippen LogP contribution in [0.15, 0.2) is 126 Å². The maximum Gasteiger partial charge on any atom is 0.134 e. The van der Waals surface area contributed by atoms with Crippen LogP contribution in [-0.2, 0) is 0 Å². The molecule has 0 aliphatic rings. The van der Waals surface area contributed by atoms with E-state index in [-0.39, 0.29) is 23.3 Å². The van der Waals surface area contributed by atoms with Crippen LogP contribution in [-0.4, -0.2) is 23.3 Å². The van der Waals surface area contributed by atoms with E-state index in [2.05, 4.69) is 12.1 Å². The van der Waals surface area contributed by atoms with Crippen molar-refractivity contribution < 1.29 is 4.42 Å². The molecule has 0 aliphatic heterocycles. The van der Waals surface area contributed by atoms with E-state index in [0.29, 0.717) is 11.1 Å². The summed E-state index contributed by atoms with van der Waals surface area (Å²) in [7, 11) is 0. The summed E-state index contributed by atoms with van der Waals surface area (Å²) in [6.45, 7) is 0. The van der Waals surface area contributed by atoms with Crippen LogP contribution in [0.1, 0.15) is 22.3 Å². The largest absolute Gasteiger partial charge is 0.464 e. The lowest BCUT2D eigenvalue weighted by molar-refractivity contribution is 0.583. The molecule has 0 radical (unpaired) electrons. The molecule has 0 spiro atoms. The summed E-state index contributed by atoms with van der Waals surface area (Å²) in [5.41, 5.74) is 29.8. The lowest BCUT2D eigenvalue weighted by Gasteiger charge is -2.02. The first-order valence-electron chi connectivity index (χ1n) is 14.1. The third-order valence-corrected chi connectivity index (χ3v) is 8.36. The molecule has 0 saturated heterocycles. The first-order valence-corrected chi connectivity index (χ1v) is 14.9. The number of nitrogens with one attached hydrogen (secondary N) is 4. The Labute approximate surface area is 270 Å². The van der Waals surface area contributed by atoms with Gasteiger partial charge in [-0.2, -0.15) is 0 Å². The average molecular weight is 625 g/mol. The van der Waals surface area contributed by atoms with Crippen LogP contribution in [0.3, 0.4) is 0 Å². The second kappa shape index (κ2) is 13.6. The standard InChI is InChI=1S/C18H16N4O.C18H16N4S/c19-17(20)13-5-1-11(2-6-13)15-9-16(23-10-15)12-3-7-14(8-4-12)18(21)22;19-17(20)13-5-1-11(2-6-13)15-9-10-16(23-15)12-3-7-14(8-4-12)18(21)22/h2*1-10H,(H3,19,20)(H3,21,22). The van der Waals surface area contributed by atoms with Crippen molar-refractivity contribution in [2.75, 3.05) is 0 Å². The van der Waals surface area contributed by atoms with Crippen molar-refractivity contribution in [3.05, 3.63) is 144 Å². The zero-order valence-electron chi connectivity index (χ0n) is 24.7. The fourth-order valence-electron chi connectivity index (χ4n) is 4.57. The van der Waals surface area contributed by atoms with Gasteiger partial charge >= 0.3 is 0 Å². The molecule has 0 bridgehead atoms. The molecule has 46 heavy (non-hydrogen) atoms. The van der Waals surface area contributed by atoms with Crippen LogP contribution >= 0.6 is 11.3 Å². The summed E-state index contributed by atoms with van der Waals surface area (Å²) >= 11 is 1.70.